The monoisotopic (exact) mass is 949 g/mol. The van der Waals surface area contributed by atoms with Crippen LogP contribution in [0, 0.1) is 50.4 Å². The van der Waals surface area contributed by atoms with E-state index >= 15 is 8.78 Å². The number of oxazole rings is 1. The maximum absolute atomic E-state index is 15.4. The van der Waals surface area contributed by atoms with Crippen LogP contribution >= 0.6 is 45.8 Å². The summed E-state index contributed by atoms with van der Waals surface area (Å²) in [5.41, 5.74) is 0.379. The van der Waals surface area contributed by atoms with E-state index in [1.165, 1.54) is 31.4 Å². The Bertz CT molecular complexity index is 2670. The molecule has 6 atom stereocenters. The number of fused-ring (bicyclic) bond motifs is 5. The van der Waals surface area contributed by atoms with E-state index in [9.17, 15) is 37.5 Å². The summed E-state index contributed by atoms with van der Waals surface area (Å²) < 4.78 is 85.4. The number of hydrogen-bond donors (Lipinski definition) is 1. The molecule has 4 aromatic carbocycles. The Morgan fingerprint density at radius 2 is 1.52 bits per heavy atom. The highest BCUT2D eigenvalue weighted by Gasteiger charge is 2.77. The lowest BCUT2D eigenvalue weighted by Crippen LogP contribution is -2.60. The molecule has 1 saturated carbocycles. The lowest BCUT2D eigenvalue weighted by atomic mass is 9.56. The Kier molecular flexibility index (Phi) is 8.77. The predicted octanol–water partition coefficient (Wildman–Crippen LogP) is 8.28. The van der Waals surface area contributed by atoms with Crippen LogP contribution in [0.5, 0.6) is 11.5 Å². The minimum Gasteiger partial charge on any atom is -0.504 e. The summed E-state index contributed by atoms with van der Waals surface area (Å²) in [5, 5.41) is 10.7. The number of rotatable bonds is 5. The number of phenols is 1. The van der Waals surface area contributed by atoms with Gasteiger partial charge >= 0.3 is 0 Å². The molecule has 3 heterocycles. The quantitative estimate of drug-likeness (QED) is 0.0355. The Morgan fingerprint density at radius 3 is 2.17 bits per heavy atom. The number of aromatic nitrogens is 1. The van der Waals surface area contributed by atoms with Crippen LogP contribution in [0.3, 0.4) is 0 Å². The first kappa shape index (κ1) is 38.4. The van der Waals surface area contributed by atoms with Crippen LogP contribution in [0.4, 0.5) is 33.3 Å². The zero-order valence-corrected chi connectivity index (χ0v) is 33.0. The average molecular weight is 950 g/mol. The molecular formula is C40H23Cl2F5IN3O7. The van der Waals surface area contributed by atoms with Gasteiger partial charge in [0.2, 0.25) is 23.5 Å². The van der Waals surface area contributed by atoms with E-state index in [1.54, 1.807) is 59.0 Å². The van der Waals surface area contributed by atoms with Gasteiger partial charge < -0.3 is 14.3 Å². The van der Waals surface area contributed by atoms with E-state index in [4.69, 9.17) is 32.4 Å². The summed E-state index contributed by atoms with van der Waals surface area (Å²) in [7, 11) is 1.23. The summed E-state index contributed by atoms with van der Waals surface area (Å²) in [5.74, 6) is -21.9. The van der Waals surface area contributed by atoms with Crippen LogP contribution in [0.2, 0.25) is 0 Å². The van der Waals surface area contributed by atoms with Crippen molar-refractivity contribution in [3.63, 3.8) is 0 Å². The maximum Gasteiger partial charge on any atom is 0.258 e. The molecular weight excluding hydrogens is 927 g/mol. The number of phenolic OH excluding ortho intramolecular Hbond substituents is 1. The number of carbonyl (C=O) groups is 4. The second-order valence-electron chi connectivity index (χ2n) is 14.3. The second-order valence-corrected chi connectivity index (χ2v) is 16.7. The number of amides is 4. The number of aromatic hydroxyl groups is 1. The molecule has 4 amide bonds. The van der Waals surface area contributed by atoms with Gasteiger partial charge in [-0.1, -0.05) is 23.8 Å². The zero-order valence-electron chi connectivity index (χ0n) is 29.3. The van der Waals surface area contributed by atoms with Gasteiger partial charge in [0.05, 0.1) is 28.2 Å². The summed E-state index contributed by atoms with van der Waals surface area (Å²) in [6.45, 7) is 0. The minimum atomic E-state index is -2.74. The van der Waals surface area contributed by atoms with Gasteiger partial charge in [-0.05, 0) is 95.4 Å². The molecule has 5 aromatic rings. The highest BCUT2D eigenvalue weighted by molar-refractivity contribution is 14.1. The molecule has 296 valence electrons. The molecule has 9 rings (SSSR count). The molecule has 3 fully saturated rings. The highest BCUT2D eigenvalue weighted by atomic mass is 127. The topological polar surface area (TPSA) is 130 Å². The fraction of sp³-hybridized carbons (Fsp3) is 0.225. The first-order valence-corrected chi connectivity index (χ1v) is 19.3. The van der Waals surface area contributed by atoms with E-state index in [0.29, 0.717) is 22.6 Å². The van der Waals surface area contributed by atoms with Crippen LogP contribution in [0.1, 0.15) is 24.3 Å². The Hall–Kier alpha value is -5.07. The van der Waals surface area contributed by atoms with Crippen molar-refractivity contribution in [2.45, 2.75) is 28.5 Å². The SMILES string of the molecule is COc1cc(C2C3=CCC4C(=O)N(c5ccc(-c6nc7ccccc7o6)cc5)C(=O)C4C3CC3(Cl)C(=O)N(c4c(F)c(F)c(F)c(F)c4F)C(=O)C23Cl)cc(I)c1O. The fourth-order valence-electron chi connectivity index (χ4n) is 8.86. The number of imide groups is 2. The number of methoxy groups -OCH3 is 1. The van der Waals surface area contributed by atoms with Crippen molar-refractivity contribution in [3.05, 3.63) is 111 Å². The summed E-state index contributed by atoms with van der Waals surface area (Å²) in [6, 6.07) is 16.1. The van der Waals surface area contributed by atoms with Crippen molar-refractivity contribution in [3.8, 4) is 23.0 Å². The molecule has 2 aliphatic heterocycles. The van der Waals surface area contributed by atoms with Gasteiger partial charge in [0, 0.05) is 11.5 Å². The van der Waals surface area contributed by atoms with E-state index in [2.05, 4.69) is 4.98 Å². The summed E-state index contributed by atoms with van der Waals surface area (Å²) in [6.07, 6.45) is 0.841. The van der Waals surface area contributed by atoms with E-state index in [0.717, 1.165) is 4.90 Å². The molecule has 6 unspecified atom stereocenters. The standard InChI is InChI=1S/C40H23Cl2F5IN3O7/c1-57-24-13-16(12-21(48)33(24)52)26-18-10-11-19-25(36(54)50(35(19)53)17-8-6-15(7-9-17)34-49-22-4-2-3-5-23(22)58-34)20(18)14-39(41)37(55)51(38(56)40(26,39)42)32-30(46)28(44)27(43)29(45)31(32)47/h2-10,12-13,19-20,25-26,52H,11,14H2,1H3. The van der Waals surface area contributed by atoms with Crippen LogP contribution in [0.25, 0.3) is 22.6 Å². The third-order valence-electron chi connectivity index (χ3n) is 11.5. The van der Waals surface area contributed by atoms with E-state index < -0.39 is 98.2 Å². The lowest BCUT2D eigenvalue weighted by Gasteiger charge is -2.50. The molecule has 1 N–H and O–H groups in total. The number of nitrogens with zero attached hydrogens (tertiary/aromatic N) is 3. The fourth-order valence-corrected chi connectivity index (χ4v) is 10.4. The molecule has 0 radical (unpaired) electrons. The van der Waals surface area contributed by atoms with Crippen molar-refractivity contribution in [2.75, 3.05) is 16.9 Å². The van der Waals surface area contributed by atoms with Gasteiger partial charge in [-0.15, -0.1) is 23.2 Å². The van der Waals surface area contributed by atoms with E-state index in [-0.39, 0.29) is 43.2 Å². The Morgan fingerprint density at radius 1 is 0.862 bits per heavy atom. The van der Waals surface area contributed by atoms with E-state index in [1.807, 2.05) is 6.07 Å². The third kappa shape index (κ3) is 5.03. The van der Waals surface area contributed by atoms with Crippen LogP contribution < -0.4 is 14.5 Å². The van der Waals surface area contributed by atoms with Crippen LogP contribution in [-0.2, 0) is 19.2 Å². The van der Waals surface area contributed by atoms with Gasteiger partial charge in [-0.25, -0.2) is 31.8 Å². The van der Waals surface area contributed by atoms with Gasteiger partial charge in [0.15, 0.2) is 50.1 Å². The number of allylic oxidation sites excluding steroid dienone is 2. The molecule has 2 saturated heterocycles. The normalized spacial score (nSPS) is 26.6. The Labute approximate surface area is 347 Å². The molecule has 10 nitrogen and oxygen atoms in total. The zero-order chi connectivity index (χ0) is 41.3. The van der Waals surface area contributed by atoms with Crippen LogP contribution in [0.15, 0.2) is 76.7 Å². The molecule has 2 aliphatic carbocycles. The first-order valence-electron chi connectivity index (χ1n) is 17.4. The molecule has 0 spiro atoms. The van der Waals surface area contributed by atoms with Crippen molar-refractivity contribution in [2.24, 2.45) is 17.8 Å². The van der Waals surface area contributed by atoms with Gasteiger partial charge in [0.25, 0.3) is 11.8 Å². The molecule has 18 heteroatoms. The van der Waals surface area contributed by atoms with Crippen LogP contribution in [-0.4, -0.2) is 50.6 Å². The molecule has 1 aromatic heterocycles. The highest BCUT2D eigenvalue weighted by Crippen LogP contribution is 2.66. The van der Waals surface area contributed by atoms with Gasteiger partial charge in [-0.3, -0.25) is 24.1 Å². The van der Waals surface area contributed by atoms with Crippen molar-refractivity contribution in [1.29, 1.82) is 0 Å². The number of halogens is 8. The molecule has 4 aliphatic rings. The van der Waals surface area contributed by atoms with Gasteiger partial charge in [-0.2, -0.15) is 0 Å². The first-order chi connectivity index (χ1) is 27.5. The van der Waals surface area contributed by atoms with Crippen molar-refractivity contribution < 1.29 is 55.4 Å². The second kappa shape index (κ2) is 13.2. The number of anilines is 2. The number of alkyl halides is 2. The molecule has 0 bridgehead atoms. The summed E-state index contributed by atoms with van der Waals surface area (Å²) in [4.78, 5) is 57.5. The maximum atomic E-state index is 15.4. The Balaban J connectivity index is 1.16. The predicted molar refractivity (Wildman–Crippen MR) is 206 cm³/mol. The van der Waals surface area contributed by atoms with Crippen molar-refractivity contribution >= 4 is 91.9 Å². The number of carbonyl (C=O) groups excluding carboxylic acids is 4. The summed E-state index contributed by atoms with van der Waals surface area (Å²) >= 11 is 16.2. The number of hydrogen-bond acceptors (Lipinski definition) is 8. The number of para-hydroxylation sites is 2. The van der Waals surface area contributed by atoms with Gasteiger partial charge in [0.1, 0.15) is 11.2 Å². The minimum absolute atomic E-state index is 0.0624. The number of ether oxygens (including phenoxy) is 1. The molecule has 58 heavy (non-hydrogen) atoms. The largest absolute Gasteiger partial charge is 0.504 e. The van der Waals surface area contributed by atoms with Crippen molar-refractivity contribution in [1.82, 2.24) is 4.98 Å². The average Bonchev–Trinajstić information content (AvgIpc) is 3.81. The third-order valence-corrected chi connectivity index (χ3v) is 13.7. The smallest absolute Gasteiger partial charge is 0.258 e. The lowest BCUT2D eigenvalue weighted by molar-refractivity contribution is -0.125. The number of benzene rings is 4.